The first-order valence-corrected chi connectivity index (χ1v) is 7.74. The van der Waals surface area contributed by atoms with Gasteiger partial charge in [0.15, 0.2) is 0 Å². The van der Waals surface area contributed by atoms with Gasteiger partial charge in [-0.05, 0) is 68.5 Å². The molecule has 1 aliphatic carbocycles. The molecule has 1 aliphatic rings. The highest BCUT2D eigenvalue weighted by Crippen LogP contribution is 2.26. The van der Waals surface area contributed by atoms with Gasteiger partial charge in [-0.15, -0.1) is 0 Å². The minimum atomic E-state index is 0.236. The summed E-state index contributed by atoms with van der Waals surface area (Å²) in [4.78, 5) is 4.16. The van der Waals surface area contributed by atoms with E-state index in [9.17, 15) is 0 Å². The van der Waals surface area contributed by atoms with Gasteiger partial charge in [0.2, 0.25) is 0 Å². The number of benzene rings is 1. The van der Waals surface area contributed by atoms with E-state index in [-0.39, 0.29) is 6.04 Å². The predicted octanol–water partition coefficient (Wildman–Crippen LogP) is 4.58. The second-order valence-corrected chi connectivity index (χ2v) is 5.70. The molecule has 21 heavy (non-hydrogen) atoms. The predicted molar refractivity (Wildman–Crippen MR) is 85.6 cm³/mol. The molecule has 110 valence electrons. The van der Waals surface area contributed by atoms with Crippen molar-refractivity contribution < 1.29 is 4.74 Å². The highest BCUT2D eigenvalue weighted by Gasteiger charge is 2.16. The summed E-state index contributed by atoms with van der Waals surface area (Å²) in [5.41, 5.74) is 2.29. The van der Waals surface area contributed by atoms with Gasteiger partial charge in [-0.2, -0.15) is 0 Å². The number of pyridine rings is 1. The molecule has 3 rings (SSSR count). The quantitative estimate of drug-likeness (QED) is 0.871. The normalized spacial score (nSPS) is 16.6. The molecule has 1 saturated carbocycles. The Hall–Kier alpha value is -2.03. The molecule has 0 radical (unpaired) electrons. The zero-order valence-electron chi connectivity index (χ0n) is 12.5. The number of ether oxygens (including phenoxy) is 1. The molecule has 0 bridgehead atoms. The van der Waals surface area contributed by atoms with E-state index >= 15 is 0 Å². The molecule has 3 nitrogen and oxygen atoms in total. The summed E-state index contributed by atoms with van der Waals surface area (Å²) in [5.74, 6) is 0.974. The van der Waals surface area contributed by atoms with Gasteiger partial charge >= 0.3 is 0 Å². The molecule has 0 saturated heterocycles. The summed E-state index contributed by atoms with van der Waals surface area (Å²) in [6.45, 7) is 2.14. The molecule has 2 aromatic rings. The summed E-state index contributed by atoms with van der Waals surface area (Å²) in [7, 11) is 0. The van der Waals surface area contributed by atoms with Crippen molar-refractivity contribution in [2.75, 3.05) is 5.32 Å². The van der Waals surface area contributed by atoms with Crippen LogP contribution in [0.4, 0.5) is 5.69 Å². The Morgan fingerprint density at radius 1 is 1.14 bits per heavy atom. The summed E-state index contributed by atoms with van der Waals surface area (Å²) < 4.78 is 5.98. The third-order valence-corrected chi connectivity index (χ3v) is 4.03. The monoisotopic (exact) mass is 282 g/mol. The molecular formula is C18H22N2O. The zero-order chi connectivity index (χ0) is 14.5. The molecule has 1 N–H and O–H groups in total. The second-order valence-electron chi connectivity index (χ2n) is 5.70. The number of hydrogen-bond acceptors (Lipinski definition) is 3. The van der Waals surface area contributed by atoms with Crippen LogP contribution in [0.2, 0.25) is 0 Å². The lowest BCUT2D eigenvalue weighted by molar-refractivity contribution is 0.210. The standard InChI is InChI=1S/C18H22N2O/c1-14(15-5-4-12-19-13-15)20-16-8-10-18(11-9-16)21-17-6-2-3-7-17/h4-5,8-14,17,20H,2-3,6-7H2,1H3. The Morgan fingerprint density at radius 3 is 2.57 bits per heavy atom. The molecular weight excluding hydrogens is 260 g/mol. The molecule has 0 amide bonds. The fourth-order valence-corrected chi connectivity index (χ4v) is 2.79. The average Bonchev–Trinajstić information content (AvgIpc) is 3.03. The maximum atomic E-state index is 5.98. The van der Waals surface area contributed by atoms with Crippen molar-refractivity contribution in [3.8, 4) is 5.75 Å². The van der Waals surface area contributed by atoms with Gasteiger partial charge in [0.05, 0.1) is 12.1 Å². The average molecular weight is 282 g/mol. The van der Waals surface area contributed by atoms with Crippen LogP contribution in [0.15, 0.2) is 48.8 Å². The minimum absolute atomic E-state index is 0.236. The first-order valence-electron chi connectivity index (χ1n) is 7.74. The summed E-state index contributed by atoms with van der Waals surface area (Å²) >= 11 is 0. The highest BCUT2D eigenvalue weighted by molar-refractivity contribution is 5.48. The molecule has 1 fully saturated rings. The van der Waals surface area contributed by atoms with Crippen molar-refractivity contribution >= 4 is 5.69 Å². The van der Waals surface area contributed by atoms with Gasteiger partial charge in [0.25, 0.3) is 0 Å². The van der Waals surface area contributed by atoms with Crippen molar-refractivity contribution in [2.45, 2.75) is 44.8 Å². The lowest BCUT2D eigenvalue weighted by Crippen LogP contribution is -2.11. The van der Waals surface area contributed by atoms with Crippen LogP contribution in [0.5, 0.6) is 5.75 Å². The van der Waals surface area contributed by atoms with E-state index < -0.39 is 0 Å². The third kappa shape index (κ3) is 3.75. The van der Waals surface area contributed by atoms with Crippen LogP contribution in [0.3, 0.4) is 0 Å². The van der Waals surface area contributed by atoms with Crippen LogP contribution in [0.1, 0.15) is 44.2 Å². The molecule has 1 aromatic carbocycles. The Bertz CT molecular complexity index is 547. The lowest BCUT2D eigenvalue weighted by Gasteiger charge is -2.17. The van der Waals surface area contributed by atoms with Gasteiger partial charge in [-0.25, -0.2) is 0 Å². The Kier molecular flexibility index (Phi) is 4.39. The maximum Gasteiger partial charge on any atom is 0.119 e. The minimum Gasteiger partial charge on any atom is -0.490 e. The molecule has 0 aliphatic heterocycles. The van der Waals surface area contributed by atoms with E-state index in [1.165, 1.54) is 31.2 Å². The van der Waals surface area contributed by atoms with E-state index in [2.05, 4.69) is 47.6 Å². The summed E-state index contributed by atoms with van der Waals surface area (Å²) in [5, 5.41) is 3.48. The van der Waals surface area contributed by atoms with Crippen molar-refractivity contribution in [3.05, 3.63) is 54.4 Å². The number of nitrogens with one attached hydrogen (secondary N) is 1. The van der Waals surface area contributed by atoms with Crippen LogP contribution in [0.25, 0.3) is 0 Å². The van der Waals surface area contributed by atoms with Crippen molar-refractivity contribution in [3.63, 3.8) is 0 Å². The molecule has 1 unspecified atom stereocenters. The lowest BCUT2D eigenvalue weighted by atomic mass is 10.1. The number of rotatable bonds is 5. The fourth-order valence-electron chi connectivity index (χ4n) is 2.79. The summed E-state index contributed by atoms with van der Waals surface area (Å²) in [6.07, 6.45) is 9.09. The van der Waals surface area contributed by atoms with E-state index in [1.54, 1.807) is 6.20 Å². The molecule has 1 heterocycles. The summed E-state index contributed by atoms with van der Waals surface area (Å²) in [6, 6.07) is 12.6. The van der Waals surface area contributed by atoms with Crippen LogP contribution < -0.4 is 10.1 Å². The first-order chi connectivity index (χ1) is 10.3. The Morgan fingerprint density at radius 2 is 1.90 bits per heavy atom. The SMILES string of the molecule is CC(Nc1ccc(OC2CCCC2)cc1)c1cccnc1. The smallest absolute Gasteiger partial charge is 0.119 e. The van der Waals surface area contributed by atoms with Crippen molar-refractivity contribution in [1.29, 1.82) is 0 Å². The van der Waals surface area contributed by atoms with Crippen LogP contribution in [0, 0.1) is 0 Å². The Labute approximate surface area is 126 Å². The highest BCUT2D eigenvalue weighted by atomic mass is 16.5. The maximum absolute atomic E-state index is 5.98. The molecule has 1 atom stereocenters. The number of aromatic nitrogens is 1. The topological polar surface area (TPSA) is 34.1 Å². The van der Waals surface area contributed by atoms with Gasteiger partial charge < -0.3 is 10.1 Å². The van der Waals surface area contributed by atoms with E-state index in [4.69, 9.17) is 4.74 Å². The number of nitrogens with zero attached hydrogens (tertiary/aromatic N) is 1. The van der Waals surface area contributed by atoms with E-state index in [0.717, 1.165) is 11.4 Å². The van der Waals surface area contributed by atoms with Crippen LogP contribution >= 0.6 is 0 Å². The van der Waals surface area contributed by atoms with Gasteiger partial charge in [0.1, 0.15) is 5.75 Å². The first kappa shape index (κ1) is 13.9. The van der Waals surface area contributed by atoms with Crippen molar-refractivity contribution in [2.24, 2.45) is 0 Å². The van der Waals surface area contributed by atoms with E-state index in [1.807, 2.05) is 12.3 Å². The fraction of sp³-hybridized carbons (Fsp3) is 0.389. The molecule has 3 heteroatoms. The number of anilines is 1. The van der Waals surface area contributed by atoms with E-state index in [0.29, 0.717) is 6.10 Å². The Balaban J connectivity index is 1.59. The van der Waals surface area contributed by atoms with Crippen LogP contribution in [-0.4, -0.2) is 11.1 Å². The number of hydrogen-bond donors (Lipinski definition) is 1. The van der Waals surface area contributed by atoms with Gasteiger partial charge in [-0.3, -0.25) is 4.98 Å². The van der Waals surface area contributed by atoms with Gasteiger partial charge in [-0.1, -0.05) is 6.07 Å². The molecule has 1 aromatic heterocycles. The zero-order valence-corrected chi connectivity index (χ0v) is 12.5. The van der Waals surface area contributed by atoms with Gasteiger partial charge in [0, 0.05) is 18.1 Å². The second kappa shape index (κ2) is 6.61. The molecule has 0 spiro atoms. The largest absolute Gasteiger partial charge is 0.490 e. The van der Waals surface area contributed by atoms with Crippen LogP contribution in [-0.2, 0) is 0 Å². The van der Waals surface area contributed by atoms with Crippen molar-refractivity contribution in [1.82, 2.24) is 4.98 Å². The third-order valence-electron chi connectivity index (χ3n) is 4.03.